The van der Waals surface area contributed by atoms with E-state index in [0.717, 1.165) is 63.0 Å². The Morgan fingerprint density at radius 3 is 2.20 bits per heavy atom. The van der Waals surface area contributed by atoms with Crippen LogP contribution in [0.5, 0.6) is 5.75 Å². The van der Waals surface area contributed by atoms with Crippen LogP contribution in [0.2, 0.25) is 0 Å². The second kappa shape index (κ2) is 7.30. The highest BCUT2D eigenvalue weighted by atomic mass is 35.5. The molecule has 0 amide bonds. The number of benzene rings is 1. The van der Waals surface area contributed by atoms with Crippen LogP contribution in [0, 0.1) is 5.41 Å². The average Bonchev–Trinajstić information content (AvgIpc) is 2.45. The van der Waals surface area contributed by atoms with Crippen molar-refractivity contribution in [3.63, 3.8) is 0 Å². The first-order chi connectivity index (χ1) is 11.2. The third kappa shape index (κ3) is 4.99. The lowest BCUT2D eigenvalue weighted by Crippen LogP contribution is -2.54. The molecule has 142 valence electrons. The first kappa shape index (κ1) is 20.3. The van der Waals surface area contributed by atoms with Crippen molar-refractivity contribution >= 4 is 22.4 Å². The summed E-state index contributed by atoms with van der Waals surface area (Å²) in [5, 5.41) is 3.29. The lowest BCUT2D eigenvalue weighted by Gasteiger charge is -2.50. The molecule has 0 bridgehead atoms. The second-order valence-electron chi connectivity index (χ2n) is 6.50. The molecule has 1 aromatic rings. The van der Waals surface area contributed by atoms with Crippen molar-refractivity contribution < 1.29 is 26.3 Å². The molecule has 0 aromatic heterocycles. The van der Waals surface area contributed by atoms with Crippen molar-refractivity contribution in [2.75, 3.05) is 13.1 Å². The molecule has 1 aliphatic heterocycles. The van der Waals surface area contributed by atoms with Crippen molar-refractivity contribution in [2.24, 2.45) is 5.41 Å². The largest absolute Gasteiger partial charge is 0.573 e. The molecule has 2 fully saturated rings. The lowest BCUT2D eigenvalue weighted by atomic mass is 9.61. The first-order valence-electron chi connectivity index (χ1n) is 7.76. The van der Waals surface area contributed by atoms with E-state index in [9.17, 15) is 21.6 Å². The highest BCUT2D eigenvalue weighted by Gasteiger charge is 2.45. The fourth-order valence-corrected chi connectivity index (χ4v) is 4.78. The van der Waals surface area contributed by atoms with Crippen LogP contribution < -0.4 is 14.8 Å². The minimum absolute atomic E-state index is 0. The van der Waals surface area contributed by atoms with Crippen LogP contribution in [0.3, 0.4) is 0 Å². The van der Waals surface area contributed by atoms with Crippen LogP contribution in [-0.4, -0.2) is 33.9 Å². The number of ether oxygens (including phenoxy) is 1. The van der Waals surface area contributed by atoms with Crippen molar-refractivity contribution in [3.05, 3.63) is 24.3 Å². The van der Waals surface area contributed by atoms with Gasteiger partial charge in [0.1, 0.15) is 5.75 Å². The first-order valence-corrected chi connectivity index (χ1v) is 9.25. The highest BCUT2D eigenvalue weighted by Crippen LogP contribution is 2.48. The Bertz CT molecular complexity index is 681. The molecule has 5 nitrogen and oxygen atoms in total. The number of halogens is 4. The van der Waals surface area contributed by atoms with Gasteiger partial charge < -0.3 is 10.1 Å². The number of rotatable bonds is 4. The van der Waals surface area contributed by atoms with E-state index in [1.807, 2.05) is 0 Å². The molecule has 1 saturated carbocycles. The summed E-state index contributed by atoms with van der Waals surface area (Å²) < 4.78 is 67.4. The van der Waals surface area contributed by atoms with Crippen molar-refractivity contribution in [2.45, 2.75) is 43.0 Å². The maximum Gasteiger partial charge on any atom is 0.573 e. The SMILES string of the molecule is Cl.O=S(=O)(NC1CC2(CCNCC2)C1)c1ccc(OC(F)(F)F)cc1. The molecule has 0 radical (unpaired) electrons. The van der Waals surface area contributed by atoms with Crippen LogP contribution in [0.4, 0.5) is 13.2 Å². The normalized spacial score (nSPS) is 20.6. The van der Waals surface area contributed by atoms with Gasteiger partial charge in [0.15, 0.2) is 0 Å². The van der Waals surface area contributed by atoms with Crippen molar-refractivity contribution in [1.29, 1.82) is 0 Å². The molecule has 2 N–H and O–H groups in total. The van der Waals surface area contributed by atoms with Gasteiger partial charge in [-0.1, -0.05) is 0 Å². The van der Waals surface area contributed by atoms with Crippen molar-refractivity contribution in [1.82, 2.24) is 10.0 Å². The van der Waals surface area contributed by atoms with Crippen LogP contribution >= 0.6 is 12.4 Å². The summed E-state index contributed by atoms with van der Waals surface area (Å²) in [6.07, 6.45) is -1.08. The summed E-state index contributed by atoms with van der Waals surface area (Å²) in [6, 6.07) is 4.11. The smallest absolute Gasteiger partial charge is 0.406 e. The third-order valence-electron chi connectivity index (χ3n) is 4.71. The summed E-state index contributed by atoms with van der Waals surface area (Å²) in [5.41, 5.74) is 0.239. The van der Waals surface area contributed by atoms with E-state index >= 15 is 0 Å². The fourth-order valence-electron chi connectivity index (χ4n) is 3.54. The number of hydrogen-bond acceptors (Lipinski definition) is 4. The Hall–Kier alpha value is -1.03. The predicted molar refractivity (Wildman–Crippen MR) is 88.3 cm³/mol. The van der Waals surface area contributed by atoms with Crippen LogP contribution in [-0.2, 0) is 10.0 Å². The molecule has 1 spiro atoms. The minimum atomic E-state index is -4.80. The Labute approximate surface area is 150 Å². The number of nitrogens with one attached hydrogen (secondary N) is 2. The van der Waals surface area contributed by atoms with E-state index in [2.05, 4.69) is 14.8 Å². The summed E-state index contributed by atoms with van der Waals surface area (Å²) in [7, 11) is -3.74. The second-order valence-corrected chi connectivity index (χ2v) is 8.21. The van der Waals surface area contributed by atoms with Gasteiger partial charge in [0.2, 0.25) is 10.0 Å². The van der Waals surface area contributed by atoms with E-state index in [1.54, 1.807) is 0 Å². The zero-order valence-corrected chi connectivity index (χ0v) is 14.9. The molecule has 1 saturated heterocycles. The van der Waals surface area contributed by atoms with Gasteiger partial charge in [-0.05, 0) is 68.5 Å². The monoisotopic (exact) mass is 400 g/mol. The van der Waals surface area contributed by atoms with Gasteiger partial charge >= 0.3 is 6.36 Å². The average molecular weight is 401 g/mol. The molecule has 25 heavy (non-hydrogen) atoms. The predicted octanol–water partition coefficient (Wildman–Crippen LogP) is 2.82. The topological polar surface area (TPSA) is 67.4 Å². The zero-order valence-electron chi connectivity index (χ0n) is 13.3. The highest BCUT2D eigenvalue weighted by molar-refractivity contribution is 7.89. The van der Waals surface area contributed by atoms with Gasteiger partial charge in [-0.3, -0.25) is 0 Å². The van der Waals surface area contributed by atoms with Gasteiger partial charge in [-0.15, -0.1) is 25.6 Å². The van der Waals surface area contributed by atoms with E-state index in [4.69, 9.17) is 0 Å². The van der Waals surface area contributed by atoms with E-state index in [0.29, 0.717) is 0 Å². The van der Waals surface area contributed by atoms with E-state index in [1.165, 1.54) is 0 Å². The Balaban J connectivity index is 0.00000225. The molecule has 0 unspecified atom stereocenters. The Kier molecular flexibility index (Phi) is 5.92. The molecule has 0 atom stereocenters. The van der Waals surface area contributed by atoms with Crippen LogP contribution in [0.25, 0.3) is 0 Å². The van der Waals surface area contributed by atoms with E-state index in [-0.39, 0.29) is 28.8 Å². The van der Waals surface area contributed by atoms with Gasteiger partial charge in [0.05, 0.1) is 4.90 Å². The van der Waals surface area contributed by atoms with Gasteiger partial charge in [-0.25, -0.2) is 13.1 Å². The van der Waals surface area contributed by atoms with E-state index < -0.39 is 22.1 Å². The molecule has 1 aliphatic carbocycles. The Morgan fingerprint density at radius 1 is 1.12 bits per heavy atom. The van der Waals surface area contributed by atoms with Gasteiger partial charge in [0, 0.05) is 6.04 Å². The molecular weight excluding hydrogens is 381 g/mol. The number of hydrogen-bond donors (Lipinski definition) is 2. The molecule has 1 aromatic carbocycles. The summed E-state index contributed by atoms with van der Waals surface area (Å²) in [6.45, 7) is 1.92. The van der Waals surface area contributed by atoms with Crippen LogP contribution in [0.1, 0.15) is 25.7 Å². The molecule has 2 aliphatic rings. The minimum Gasteiger partial charge on any atom is -0.406 e. The standard InChI is InChI=1S/C15H19F3N2O3S.ClH/c16-15(17,18)23-12-1-3-13(4-2-12)24(21,22)20-11-9-14(10-11)5-7-19-8-6-14;/h1-4,11,19-20H,5-10H2;1H. The van der Waals surface area contributed by atoms with Gasteiger partial charge in [0.25, 0.3) is 0 Å². The molecule has 10 heteroatoms. The summed E-state index contributed by atoms with van der Waals surface area (Å²) in [5.74, 6) is -0.446. The lowest BCUT2D eigenvalue weighted by molar-refractivity contribution is -0.274. The summed E-state index contributed by atoms with van der Waals surface area (Å²) in [4.78, 5) is -0.0664. The quantitative estimate of drug-likeness (QED) is 0.815. The number of alkyl halides is 3. The van der Waals surface area contributed by atoms with Crippen molar-refractivity contribution in [3.8, 4) is 5.75 Å². The number of sulfonamides is 1. The number of piperidine rings is 1. The Morgan fingerprint density at radius 2 is 1.68 bits per heavy atom. The maximum atomic E-state index is 12.3. The maximum absolute atomic E-state index is 12.3. The third-order valence-corrected chi connectivity index (χ3v) is 6.25. The molecular formula is C15H20ClF3N2O3S. The zero-order chi connectivity index (χ0) is 17.4. The molecule has 3 rings (SSSR count). The van der Waals surface area contributed by atoms with Crippen LogP contribution in [0.15, 0.2) is 29.2 Å². The van der Waals surface area contributed by atoms with Gasteiger partial charge in [-0.2, -0.15) is 0 Å². The fraction of sp³-hybridized carbons (Fsp3) is 0.600. The molecule has 1 heterocycles. The summed E-state index contributed by atoms with van der Waals surface area (Å²) >= 11 is 0.